The van der Waals surface area contributed by atoms with Gasteiger partial charge in [0, 0.05) is 23.2 Å². The Bertz CT molecular complexity index is 507. The molecule has 0 bridgehead atoms. The molecule has 0 spiro atoms. The number of aromatic nitrogens is 3. The van der Waals surface area contributed by atoms with Crippen LogP contribution in [0.1, 0.15) is 17.1 Å². The summed E-state index contributed by atoms with van der Waals surface area (Å²) in [6, 6.07) is 7.74. The zero-order chi connectivity index (χ0) is 12.3. The van der Waals surface area contributed by atoms with E-state index in [0.29, 0.717) is 11.0 Å². The number of thioether (sulfide) groups is 1. The zero-order valence-corrected chi connectivity index (χ0v) is 10.7. The van der Waals surface area contributed by atoms with E-state index in [0.717, 1.165) is 22.8 Å². The molecule has 5 heteroatoms. The minimum Gasteiger partial charge on any atom is -0.384 e. The van der Waals surface area contributed by atoms with Crippen molar-refractivity contribution in [3.8, 4) is 0 Å². The van der Waals surface area contributed by atoms with Crippen molar-refractivity contribution in [2.45, 2.75) is 24.8 Å². The van der Waals surface area contributed by atoms with Crippen molar-refractivity contribution >= 4 is 17.6 Å². The van der Waals surface area contributed by atoms with Crippen molar-refractivity contribution in [2.24, 2.45) is 0 Å². The van der Waals surface area contributed by atoms with E-state index in [1.165, 1.54) is 0 Å². The van der Waals surface area contributed by atoms with Gasteiger partial charge >= 0.3 is 0 Å². The van der Waals surface area contributed by atoms with E-state index in [-0.39, 0.29) is 0 Å². The van der Waals surface area contributed by atoms with Gasteiger partial charge in [-0.2, -0.15) is 0 Å². The summed E-state index contributed by atoms with van der Waals surface area (Å²) in [4.78, 5) is 12.9. The molecule has 2 aromatic heterocycles. The highest BCUT2D eigenvalue weighted by atomic mass is 32.2. The molecule has 2 aromatic rings. The Kier molecular flexibility index (Phi) is 3.58. The molecule has 4 nitrogen and oxygen atoms in total. The van der Waals surface area contributed by atoms with Crippen LogP contribution in [0.25, 0.3) is 0 Å². The van der Waals surface area contributed by atoms with Gasteiger partial charge in [-0.3, -0.25) is 4.98 Å². The Morgan fingerprint density at radius 1 is 1.12 bits per heavy atom. The van der Waals surface area contributed by atoms with Crippen LogP contribution < -0.4 is 5.73 Å². The van der Waals surface area contributed by atoms with Crippen LogP contribution in [0.2, 0.25) is 0 Å². The molecule has 0 aromatic carbocycles. The fourth-order valence-electron chi connectivity index (χ4n) is 1.45. The Morgan fingerprint density at radius 3 is 2.65 bits per heavy atom. The molecule has 17 heavy (non-hydrogen) atoms. The highest BCUT2D eigenvalue weighted by molar-refractivity contribution is 7.98. The molecule has 2 rings (SSSR count). The van der Waals surface area contributed by atoms with Crippen LogP contribution in [0.15, 0.2) is 29.4 Å². The van der Waals surface area contributed by atoms with Gasteiger partial charge in [0.15, 0.2) is 5.16 Å². The number of rotatable bonds is 3. The van der Waals surface area contributed by atoms with Gasteiger partial charge in [-0.25, -0.2) is 9.97 Å². The number of nitrogen functional groups attached to an aromatic ring is 1. The summed E-state index contributed by atoms with van der Waals surface area (Å²) >= 11 is 1.55. The predicted octanol–water partition coefficient (Wildman–Crippen LogP) is 2.36. The average molecular weight is 246 g/mol. The largest absolute Gasteiger partial charge is 0.384 e. The molecule has 0 radical (unpaired) electrons. The maximum atomic E-state index is 5.67. The Morgan fingerprint density at radius 2 is 1.94 bits per heavy atom. The molecule has 0 saturated carbocycles. The van der Waals surface area contributed by atoms with Crippen molar-refractivity contribution in [3.63, 3.8) is 0 Å². The van der Waals surface area contributed by atoms with Crippen LogP contribution in [0, 0.1) is 13.8 Å². The quantitative estimate of drug-likeness (QED) is 0.665. The summed E-state index contributed by atoms with van der Waals surface area (Å²) in [5.41, 5.74) is 8.61. The van der Waals surface area contributed by atoms with E-state index in [1.54, 1.807) is 17.8 Å². The van der Waals surface area contributed by atoms with Gasteiger partial charge in [-0.05, 0) is 26.0 Å². The first-order valence-corrected chi connectivity index (χ1v) is 6.28. The number of nitrogens with two attached hydrogens (primary N) is 1. The third-order valence-corrected chi connectivity index (χ3v) is 3.03. The molecule has 0 saturated heterocycles. The number of hydrogen-bond donors (Lipinski definition) is 1. The second kappa shape index (κ2) is 5.14. The Labute approximate surface area is 105 Å². The minimum absolute atomic E-state index is 0.511. The van der Waals surface area contributed by atoms with Crippen LogP contribution in [-0.2, 0) is 5.75 Å². The van der Waals surface area contributed by atoms with Gasteiger partial charge in [0.2, 0.25) is 0 Å². The summed E-state index contributed by atoms with van der Waals surface area (Å²) in [5.74, 6) is 1.27. The second-order valence-electron chi connectivity index (χ2n) is 3.78. The number of hydrogen-bond acceptors (Lipinski definition) is 5. The van der Waals surface area contributed by atoms with Gasteiger partial charge < -0.3 is 5.73 Å². The lowest BCUT2D eigenvalue weighted by atomic mass is 10.3. The predicted molar refractivity (Wildman–Crippen MR) is 69.7 cm³/mol. The van der Waals surface area contributed by atoms with Crippen LogP contribution in [-0.4, -0.2) is 15.0 Å². The fraction of sp³-hybridized carbons (Fsp3) is 0.250. The van der Waals surface area contributed by atoms with Gasteiger partial charge in [0.05, 0.1) is 5.69 Å². The normalized spacial score (nSPS) is 10.5. The number of pyridine rings is 1. The molecule has 88 valence electrons. The molecule has 0 aliphatic rings. The van der Waals surface area contributed by atoms with Crippen molar-refractivity contribution in [2.75, 3.05) is 5.73 Å². The first kappa shape index (κ1) is 11.9. The summed E-state index contributed by atoms with van der Waals surface area (Å²) < 4.78 is 0. The molecular formula is C12H14N4S. The van der Waals surface area contributed by atoms with Crippen LogP contribution in [0.4, 0.5) is 5.82 Å². The lowest BCUT2D eigenvalue weighted by molar-refractivity contribution is 0.938. The molecule has 0 atom stereocenters. The molecular weight excluding hydrogens is 232 g/mol. The second-order valence-corrected chi connectivity index (χ2v) is 4.72. The summed E-state index contributed by atoms with van der Waals surface area (Å²) in [5, 5.41) is 0.700. The lowest BCUT2D eigenvalue weighted by Gasteiger charge is -2.03. The Balaban J connectivity index is 2.07. The summed E-state index contributed by atoms with van der Waals surface area (Å²) in [6.45, 7) is 3.89. The molecule has 0 fully saturated rings. The van der Waals surface area contributed by atoms with Crippen molar-refractivity contribution in [1.29, 1.82) is 0 Å². The standard InChI is InChI=1S/C12H14N4S/c1-8-4-3-5-10(14-8)7-17-12-15-9(2)6-11(13)16-12/h3-6H,7H2,1-2H3,(H2,13,15,16). The highest BCUT2D eigenvalue weighted by Gasteiger charge is 2.02. The maximum absolute atomic E-state index is 5.67. The van der Waals surface area contributed by atoms with Crippen LogP contribution in [0.5, 0.6) is 0 Å². The van der Waals surface area contributed by atoms with Crippen molar-refractivity contribution < 1.29 is 0 Å². The number of aryl methyl sites for hydroxylation is 2. The van der Waals surface area contributed by atoms with Gasteiger partial charge in [-0.1, -0.05) is 17.8 Å². The molecule has 2 heterocycles. The molecule has 0 aliphatic carbocycles. The van der Waals surface area contributed by atoms with Crippen LogP contribution >= 0.6 is 11.8 Å². The average Bonchev–Trinajstić information content (AvgIpc) is 2.25. The maximum Gasteiger partial charge on any atom is 0.190 e. The first-order chi connectivity index (χ1) is 8.13. The topological polar surface area (TPSA) is 64.7 Å². The van der Waals surface area contributed by atoms with E-state index in [1.807, 2.05) is 32.0 Å². The molecule has 2 N–H and O–H groups in total. The summed E-state index contributed by atoms with van der Waals surface area (Å²) in [6.07, 6.45) is 0. The van der Waals surface area contributed by atoms with E-state index in [9.17, 15) is 0 Å². The van der Waals surface area contributed by atoms with E-state index in [2.05, 4.69) is 15.0 Å². The zero-order valence-electron chi connectivity index (χ0n) is 9.84. The van der Waals surface area contributed by atoms with E-state index < -0.39 is 0 Å². The molecule has 0 amide bonds. The fourth-order valence-corrected chi connectivity index (χ4v) is 2.26. The lowest BCUT2D eigenvalue weighted by Crippen LogP contribution is -1.97. The van der Waals surface area contributed by atoms with Crippen molar-refractivity contribution in [3.05, 3.63) is 41.3 Å². The van der Waals surface area contributed by atoms with Gasteiger partial charge in [-0.15, -0.1) is 0 Å². The third kappa shape index (κ3) is 3.42. The number of nitrogens with zero attached hydrogens (tertiary/aromatic N) is 3. The third-order valence-electron chi connectivity index (χ3n) is 2.15. The Hall–Kier alpha value is -1.62. The summed E-state index contributed by atoms with van der Waals surface area (Å²) in [7, 11) is 0. The SMILES string of the molecule is Cc1cccc(CSc2nc(C)cc(N)n2)n1. The smallest absolute Gasteiger partial charge is 0.190 e. The molecule has 0 unspecified atom stereocenters. The number of anilines is 1. The monoisotopic (exact) mass is 246 g/mol. The first-order valence-electron chi connectivity index (χ1n) is 5.30. The van der Waals surface area contributed by atoms with E-state index in [4.69, 9.17) is 5.73 Å². The van der Waals surface area contributed by atoms with Gasteiger partial charge in [0.25, 0.3) is 0 Å². The van der Waals surface area contributed by atoms with Crippen molar-refractivity contribution in [1.82, 2.24) is 15.0 Å². The van der Waals surface area contributed by atoms with Crippen LogP contribution in [0.3, 0.4) is 0 Å². The minimum atomic E-state index is 0.511. The highest BCUT2D eigenvalue weighted by Crippen LogP contribution is 2.19. The van der Waals surface area contributed by atoms with Gasteiger partial charge in [0.1, 0.15) is 5.82 Å². The molecule has 0 aliphatic heterocycles. The van der Waals surface area contributed by atoms with E-state index >= 15 is 0 Å².